The lowest BCUT2D eigenvalue weighted by Crippen LogP contribution is -2.50. The largest absolute Gasteiger partial charge is 0.352 e. The Bertz CT molecular complexity index is 1030. The van der Waals surface area contributed by atoms with Gasteiger partial charge in [0.2, 0.25) is 12.3 Å². The second-order valence-electron chi connectivity index (χ2n) is 11.2. The highest BCUT2D eigenvalue weighted by molar-refractivity contribution is 6.31. The smallest absolute Gasteiger partial charge is 0.237 e. The van der Waals surface area contributed by atoms with Gasteiger partial charge in [0.05, 0.1) is 11.1 Å². The number of hydrogen-bond donors (Lipinski definition) is 3. The lowest BCUT2D eigenvalue weighted by atomic mass is 9.90. The molecule has 1 aliphatic carbocycles. The first kappa shape index (κ1) is 34.9. The Morgan fingerprint density at radius 3 is 2.28 bits per heavy atom. The molecule has 1 unspecified atom stereocenters. The van der Waals surface area contributed by atoms with Gasteiger partial charge in [-0.05, 0) is 47.6 Å². The molecule has 0 aliphatic heterocycles. The van der Waals surface area contributed by atoms with E-state index < -0.39 is 17.8 Å². The first-order valence-electron chi connectivity index (χ1n) is 13.9. The molecule has 2 atom stereocenters. The van der Waals surface area contributed by atoms with E-state index in [2.05, 4.69) is 43.6 Å². The summed E-state index contributed by atoms with van der Waals surface area (Å²) in [6.45, 7) is 14.8. The first-order valence-corrected chi connectivity index (χ1v) is 14.6. The van der Waals surface area contributed by atoms with Crippen molar-refractivity contribution in [3.63, 3.8) is 0 Å². The van der Waals surface area contributed by atoms with Gasteiger partial charge >= 0.3 is 0 Å². The Labute approximate surface area is 244 Å². The van der Waals surface area contributed by atoms with Crippen LogP contribution in [0, 0.1) is 11.2 Å². The van der Waals surface area contributed by atoms with Crippen LogP contribution in [0.5, 0.6) is 0 Å². The maximum atomic E-state index is 14.8. The minimum Gasteiger partial charge on any atom is -0.352 e. The summed E-state index contributed by atoms with van der Waals surface area (Å²) in [5.41, 5.74) is 2.18. The van der Waals surface area contributed by atoms with Gasteiger partial charge in [0.15, 0.2) is 0 Å². The summed E-state index contributed by atoms with van der Waals surface area (Å²) in [6.07, 6.45) is 5.83. The average molecular weight is 583 g/mol. The van der Waals surface area contributed by atoms with Gasteiger partial charge in [-0.15, -0.1) is 0 Å². The van der Waals surface area contributed by atoms with Gasteiger partial charge in [-0.2, -0.15) is 0 Å². The van der Waals surface area contributed by atoms with E-state index >= 15 is 0 Å². The number of benzene rings is 2. The molecule has 1 fully saturated rings. The Hall–Kier alpha value is -2.15. The van der Waals surface area contributed by atoms with E-state index in [1.165, 1.54) is 12.5 Å². The number of anilines is 1. The van der Waals surface area contributed by atoms with Crippen LogP contribution in [0.25, 0.3) is 0 Å². The number of halogens is 3. The van der Waals surface area contributed by atoms with Crippen LogP contribution in [-0.4, -0.2) is 24.4 Å². The van der Waals surface area contributed by atoms with Crippen LogP contribution < -0.4 is 16.0 Å². The maximum absolute atomic E-state index is 14.8. The molecular formula is C31H46Cl2FN3O2. The maximum Gasteiger partial charge on any atom is 0.237 e. The Kier molecular flexibility index (Phi) is 15.7. The van der Waals surface area contributed by atoms with Crippen LogP contribution in [-0.2, 0) is 16.1 Å². The molecule has 2 aromatic rings. The molecule has 218 valence electrons. The van der Waals surface area contributed by atoms with Crippen molar-refractivity contribution in [3.8, 4) is 0 Å². The van der Waals surface area contributed by atoms with Gasteiger partial charge in [-0.25, -0.2) is 4.39 Å². The summed E-state index contributed by atoms with van der Waals surface area (Å²) in [6, 6.07) is 9.37. The molecule has 0 heterocycles. The quantitative estimate of drug-likeness (QED) is 0.260. The van der Waals surface area contributed by atoms with E-state index in [1.807, 2.05) is 13.8 Å². The van der Waals surface area contributed by atoms with Gasteiger partial charge in [0.25, 0.3) is 0 Å². The molecule has 5 nitrogen and oxygen atoms in total. The SMILES string of the molecule is CC.CC(C)(C)C.CC(c1cccc(Cl)c1F)[C@@H](NCc1ccc(Cl)cc1NC=O)C(=O)NC1CCCCC1. The zero-order valence-corrected chi connectivity index (χ0v) is 26.0. The monoisotopic (exact) mass is 581 g/mol. The van der Waals surface area contributed by atoms with Crippen LogP contribution in [0.4, 0.5) is 10.1 Å². The lowest BCUT2D eigenvalue weighted by molar-refractivity contribution is -0.124. The summed E-state index contributed by atoms with van der Waals surface area (Å²) < 4.78 is 14.8. The topological polar surface area (TPSA) is 70.2 Å². The second kappa shape index (κ2) is 17.5. The molecule has 0 spiro atoms. The minimum absolute atomic E-state index is 0.0240. The van der Waals surface area contributed by atoms with E-state index in [9.17, 15) is 14.0 Å². The molecule has 3 rings (SSSR count). The summed E-state index contributed by atoms with van der Waals surface area (Å²) >= 11 is 12.0. The van der Waals surface area contributed by atoms with Crippen molar-refractivity contribution >= 4 is 41.2 Å². The van der Waals surface area contributed by atoms with Gasteiger partial charge < -0.3 is 16.0 Å². The highest BCUT2D eigenvalue weighted by atomic mass is 35.5. The zero-order valence-electron chi connectivity index (χ0n) is 24.5. The number of amides is 2. The predicted octanol–water partition coefficient (Wildman–Crippen LogP) is 8.49. The molecular weight excluding hydrogens is 536 g/mol. The van der Waals surface area contributed by atoms with E-state index in [1.54, 1.807) is 37.3 Å². The molecule has 1 aliphatic rings. The Balaban J connectivity index is 0.000000975. The van der Waals surface area contributed by atoms with Crippen molar-refractivity contribution in [2.45, 2.75) is 105 Å². The second-order valence-corrected chi connectivity index (χ2v) is 12.0. The van der Waals surface area contributed by atoms with Crippen LogP contribution in [0.1, 0.15) is 97.6 Å². The van der Waals surface area contributed by atoms with Crippen molar-refractivity contribution in [1.29, 1.82) is 0 Å². The number of nitrogens with one attached hydrogen (secondary N) is 3. The fraction of sp³-hybridized carbons (Fsp3) is 0.548. The standard InChI is InChI=1S/C24H28Cl2FN3O2.C5H12.C2H6/c1-15(19-8-5-9-20(26)22(19)27)23(24(32)30-18-6-3-2-4-7-18)28-13-16-10-11-17(25)12-21(16)29-14-31;1-5(2,3)4;1-2/h5,8-12,14-15,18,23,28H,2-4,6-7,13H2,1H3,(H,29,31)(H,30,32);1-4H3;1-2H3/t15?,23-;;/m1../s1. The van der Waals surface area contributed by atoms with E-state index in [0.29, 0.717) is 28.1 Å². The fourth-order valence-electron chi connectivity index (χ4n) is 4.21. The summed E-state index contributed by atoms with van der Waals surface area (Å²) in [5.74, 6) is -1.18. The average Bonchev–Trinajstić information content (AvgIpc) is 2.88. The van der Waals surface area contributed by atoms with Gasteiger partial charge in [-0.1, -0.05) is 109 Å². The minimum atomic E-state index is -0.704. The number of carbonyl (C=O) groups excluding carboxylic acids is 2. The van der Waals surface area contributed by atoms with Crippen molar-refractivity contribution in [1.82, 2.24) is 10.6 Å². The highest BCUT2D eigenvalue weighted by Crippen LogP contribution is 2.28. The summed E-state index contributed by atoms with van der Waals surface area (Å²) in [7, 11) is 0. The Morgan fingerprint density at radius 1 is 1.08 bits per heavy atom. The Morgan fingerprint density at radius 2 is 1.69 bits per heavy atom. The normalized spacial score (nSPS) is 15.0. The van der Waals surface area contributed by atoms with Crippen LogP contribution >= 0.6 is 23.2 Å². The van der Waals surface area contributed by atoms with E-state index in [-0.39, 0.29) is 23.5 Å². The van der Waals surface area contributed by atoms with Crippen molar-refractivity contribution in [3.05, 3.63) is 63.4 Å². The van der Waals surface area contributed by atoms with Crippen molar-refractivity contribution in [2.24, 2.45) is 5.41 Å². The van der Waals surface area contributed by atoms with Crippen LogP contribution in [0.15, 0.2) is 36.4 Å². The molecule has 39 heavy (non-hydrogen) atoms. The summed E-state index contributed by atoms with van der Waals surface area (Å²) in [5, 5.41) is 9.55. The van der Waals surface area contributed by atoms with E-state index in [4.69, 9.17) is 23.2 Å². The third-order valence-electron chi connectivity index (χ3n) is 6.00. The van der Waals surface area contributed by atoms with Crippen LogP contribution in [0.3, 0.4) is 0 Å². The zero-order chi connectivity index (χ0) is 29.6. The predicted molar refractivity (Wildman–Crippen MR) is 163 cm³/mol. The molecule has 2 amide bonds. The van der Waals surface area contributed by atoms with Gasteiger partial charge in [0, 0.05) is 29.2 Å². The molecule has 1 saturated carbocycles. The third-order valence-corrected chi connectivity index (χ3v) is 6.53. The number of hydrogen-bond acceptors (Lipinski definition) is 3. The molecule has 0 bridgehead atoms. The van der Waals surface area contributed by atoms with Gasteiger partial charge in [-0.3, -0.25) is 9.59 Å². The fourth-order valence-corrected chi connectivity index (χ4v) is 4.56. The van der Waals surface area contributed by atoms with Crippen LogP contribution in [0.2, 0.25) is 10.0 Å². The molecule has 3 N–H and O–H groups in total. The molecule has 8 heteroatoms. The van der Waals surface area contributed by atoms with E-state index in [0.717, 1.165) is 31.2 Å². The highest BCUT2D eigenvalue weighted by Gasteiger charge is 2.30. The van der Waals surface area contributed by atoms with Gasteiger partial charge in [0.1, 0.15) is 5.82 Å². The molecule has 0 aromatic heterocycles. The lowest BCUT2D eigenvalue weighted by Gasteiger charge is -2.29. The number of rotatable bonds is 9. The molecule has 0 saturated heterocycles. The van der Waals surface area contributed by atoms with Crippen molar-refractivity contribution in [2.75, 3.05) is 5.32 Å². The first-order chi connectivity index (χ1) is 18.4. The number of carbonyl (C=O) groups is 2. The summed E-state index contributed by atoms with van der Waals surface area (Å²) in [4.78, 5) is 24.3. The van der Waals surface area contributed by atoms with Crippen molar-refractivity contribution < 1.29 is 14.0 Å². The molecule has 2 aromatic carbocycles. The molecule has 0 radical (unpaired) electrons. The third kappa shape index (κ3) is 12.7.